The third kappa shape index (κ3) is 0.819. The van der Waals surface area contributed by atoms with Crippen molar-refractivity contribution in [2.75, 3.05) is 0 Å². The van der Waals surface area contributed by atoms with Crippen molar-refractivity contribution in [2.24, 2.45) is 11.8 Å². The zero-order chi connectivity index (χ0) is 9.05. The molecular formula is C11H12. The van der Waals surface area contributed by atoms with E-state index in [0.717, 1.165) is 12.8 Å². The van der Waals surface area contributed by atoms with Crippen LogP contribution in [0.25, 0.3) is 0 Å². The molecule has 1 fully saturated rings. The van der Waals surface area contributed by atoms with Crippen molar-refractivity contribution in [1.29, 1.82) is 0 Å². The van der Waals surface area contributed by atoms with Crippen molar-refractivity contribution in [3.63, 3.8) is 0 Å². The Morgan fingerprint density at radius 3 is 2.18 bits per heavy atom. The fraction of sp³-hybridized carbons (Fsp3) is 0.455. The zero-order valence-electron chi connectivity index (χ0n) is 8.38. The van der Waals surface area contributed by atoms with E-state index >= 15 is 0 Å². The van der Waals surface area contributed by atoms with Gasteiger partial charge in [0.25, 0.3) is 0 Å². The number of hydrogen-bond donors (Lipinski definition) is 0. The van der Waals surface area contributed by atoms with Crippen molar-refractivity contribution in [3.05, 3.63) is 35.4 Å². The van der Waals surface area contributed by atoms with E-state index in [1.165, 1.54) is 11.1 Å². The summed E-state index contributed by atoms with van der Waals surface area (Å²) in [5.74, 6) is 0.616. The molecule has 0 radical (unpaired) electrons. The van der Waals surface area contributed by atoms with Gasteiger partial charge < -0.3 is 0 Å². The van der Waals surface area contributed by atoms with Gasteiger partial charge in [-0.1, -0.05) is 24.3 Å². The number of hydrogen-bond acceptors (Lipinski definition) is 0. The van der Waals surface area contributed by atoms with E-state index in [4.69, 9.17) is 2.74 Å². The molecule has 1 aromatic rings. The molecular weight excluding hydrogens is 132 g/mol. The van der Waals surface area contributed by atoms with E-state index in [1.807, 2.05) is 0 Å². The molecule has 2 unspecified atom stereocenters. The van der Waals surface area contributed by atoms with Gasteiger partial charge in [-0.05, 0) is 42.2 Å². The van der Waals surface area contributed by atoms with Crippen LogP contribution in [-0.2, 0) is 12.8 Å². The fourth-order valence-electron chi connectivity index (χ4n) is 2.05. The van der Waals surface area contributed by atoms with E-state index in [9.17, 15) is 0 Å². The summed E-state index contributed by atoms with van der Waals surface area (Å²) < 4.78 is 15.5. The second kappa shape index (κ2) is 1.88. The summed E-state index contributed by atoms with van der Waals surface area (Å²) in [6.45, 7) is 0. The second-order valence-electron chi connectivity index (χ2n) is 3.56. The van der Waals surface area contributed by atoms with Crippen molar-refractivity contribution in [3.8, 4) is 0 Å². The van der Waals surface area contributed by atoms with Crippen LogP contribution in [0, 0.1) is 11.8 Å². The predicted octanol–water partition coefficient (Wildman–Crippen LogP) is 2.42. The lowest BCUT2D eigenvalue weighted by atomic mass is 9.92. The van der Waals surface area contributed by atoms with Crippen molar-refractivity contribution in [2.45, 2.75) is 19.2 Å². The van der Waals surface area contributed by atoms with Crippen LogP contribution in [0.2, 0.25) is 0 Å². The average molecular weight is 146 g/mol. The lowest BCUT2D eigenvalue weighted by Crippen LogP contribution is -2.04. The second-order valence-corrected chi connectivity index (χ2v) is 3.56. The number of fused-ring (bicyclic) bond motifs is 2. The van der Waals surface area contributed by atoms with Crippen LogP contribution in [-0.4, -0.2) is 0 Å². The zero-order valence-corrected chi connectivity index (χ0v) is 6.38. The molecule has 3 rings (SSSR count). The first-order valence-electron chi connectivity index (χ1n) is 5.26. The standard InChI is InChI=1S/C11H12/c1-2-4-9-6-11-7-10(11)5-8(9)3-1/h1-4,10-11H,5-7H2/i7D2. The van der Waals surface area contributed by atoms with Crippen molar-refractivity contribution < 1.29 is 2.74 Å². The van der Waals surface area contributed by atoms with Gasteiger partial charge in [0.1, 0.15) is 0 Å². The van der Waals surface area contributed by atoms with Crippen LogP contribution in [0.1, 0.15) is 20.2 Å². The average Bonchev–Trinajstić information content (AvgIpc) is 2.66. The minimum atomic E-state index is -0.876. The Hall–Kier alpha value is -0.780. The van der Waals surface area contributed by atoms with Crippen molar-refractivity contribution in [1.82, 2.24) is 0 Å². The summed E-state index contributed by atoms with van der Waals surface area (Å²) in [5, 5.41) is 0. The van der Waals surface area contributed by atoms with E-state index < -0.39 is 6.37 Å². The summed E-state index contributed by atoms with van der Waals surface area (Å²) in [4.78, 5) is 0. The summed E-state index contributed by atoms with van der Waals surface area (Å²) in [5.41, 5.74) is 2.73. The minimum Gasteiger partial charge on any atom is -0.0620 e. The van der Waals surface area contributed by atoms with Crippen LogP contribution in [0.15, 0.2) is 24.3 Å². The van der Waals surface area contributed by atoms with Crippen LogP contribution in [0.4, 0.5) is 0 Å². The third-order valence-electron chi connectivity index (χ3n) is 2.80. The molecule has 0 bridgehead atoms. The van der Waals surface area contributed by atoms with Gasteiger partial charge in [0.2, 0.25) is 0 Å². The van der Waals surface area contributed by atoms with Gasteiger partial charge >= 0.3 is 0 Å². The molecule has 0 spiro atoms. The van der Waals surface area contributed by atoms with Gasteiger partial charge in [0, 0.05) is 2.74 Å². The van der Waals surface area contributed by atoms with E-state index in [1.54, 1.807) is 0 Å². The minimum absolute atomic E-state index is 0.308. The molecule has 1 aromatic carbocycles. The first kappa shape index (κ1) is 4.30. The number of benzene rings is 1. The quantitative estimate of drug-likeness (QED) is 0.527. The summed E-state index contributed by atoms with van der Waals surface area (Å²) in [7, 11) is 0. The fourth-order valence-corrected chi connectivity index (χ4v) is 2.05. The highest BCUT2D eigenvalue weighted by Crippen LogP contribution is 2.47. The van der Waals surface area contributed by atoms with Gasteiger partial charge in [-0.2, -0.15) is 0 Å². The smallest absolute Gasteiger partial charge is 0.0273 e. The largest absolute Gasteiger partial charge is 0.0620 e. The highest BCUT2D eigenvalue weighted by atomic mass is 14.4. The Kier molecular flexibility index (Phi) is 0.733. The maximum Gasteiger partial charge on any atom is 0.0273 e. The Balaban J connectivity index is 1.99. The van der Waals surface area contributed by atoms with Gasteiger partial charge in [-0.25, -0.2) is 0 Å². The molecule has 0 heterocycles. The van der Waals surface area contributed by atoms with Crippen molar-refractivity contribution >= 4 is 0 Å². The first-order chi connectivity index (χ1) is 6.19. The molecule has 2 aliphatic rings. The van der Waals surface area contributed by atoms with Crippen LogP contribution in [0.5, 0.6) is 0 Å². The topological polar surface area (TPSA) is 0 Å². The molecule has 0 saturated heterocycles. The normalized spacial score (nSPS) is 39.6. The summed E-state index contributed by atoms with van der Waals surface area (Å²) in [6, 6.07) is 8.38. The molecule has 0 amide bonds. The SMILES string of the molecule is [2H]C1([2H])C2Cc3ccccc3CC21. The third-order valence-corrected chi connectivity index (χ3v) is 2.80. The molecule has 11 heavy (non-hydrogen) atoms. The molecule has 1 saturated carbocycles. The van der Waals surface area contributed by atoms with E-state index in [2.05, 4.69) is 24.3 Å². The van der Waals surface area contributed by atoms with Gasteiger partial charge in [-0.3, -0.25) is 0 Å². The maximum absolute atomic E-state index is 7.75. The Morgan fingerprint density at radius 2 is 1.64 bits per heavy atom. The monoisotopic (exact) mass is 146 g/mol. The van der Waals surface area contributed by atoms with Gasteiger partial charge in [0.05, 0.1) is 0 Å². The number of rotatable bonds is 0. The lowest BCUT2D eigenvalue weighted by molar-refractivity contribution is 0.648. The Morgan fingerprint density at radius 1 is 1.09 bits per heavy atom. The molecule has 0 aromatic heterocycles. The Labute approximate surface area is 70.1 Å². The van der Waals surface area contributed by atoms with Crippen LogP contribution in [0.3, 0.4) is 0 Å². The highest BCUT2D eigenvalue weighted by Gasteiger charge is 2.40. The molecule has 0 nitrogen and oxygen atoms in total. The van der Waals surface area contributed by atoms with Crippen LogP contribution >= 0.6 is 0 Å². The predicted molar refractivity (Wildman–Crippen MR) is 45.4 cm³/mol. The van der Waals surface area contributed by atoms with E-state index in [0.29, 0.717) is 11.8 Å². The molecule has 2 atom stereocenters. The maximum atomic E-state index is 7.75. The molecule has 56 valence electrons. The molecule has 0 aliphatic heterocycles. The molecule has 0 heteroatoms. The Bertz CT molecular complexity index is 324. The molecule has 2 aliphatic carbocycles. The highest BCUT2D eigenvalue weighted by molar-refractivity contribution is 5.32. The van der Waals surface area contributed by atoms with Gasteiger partial charge in [0.15, 0.2) is 0 Å². The van der Waals surface area contributed by atoms with Crippen LogP contribution < -0.4 is 0 Å². The first-order valence-corrected chi connectivity index (χ1v) is 4.26. The summed E-state index contributed by atoms with van der Waals surface area (Å²) in [6.07, 6.45) is 1.03. The van der Waals surface area contributed by atoms with Gasteiger partial charge in [-0.15, -0.1) is 0 Å². The van der Waals surface area contributed by atoms with E-state index in [-0.39, 0.29) is 0 Å². The lowest BCUT2D eigenvalue weighted by Gasteiger charge is -2.13. The summed E-state index contributed by atoms with van der Waals surface area (Å²) >= 11 is 0. The molecule has 0 N–H and O–H groups in total.